The fourth-order valence-electron chi connectivity index (χ4n) is 6.48. The van der Waals surface area contributed by atoms with E-state index in [1.54, 1.807) is 6.92 Å². The number of aliphatic hydroxyl groups is 1. The fraction of sp³-hybridized carbons (Fsp3) is 0.643. The Morgan fingerprint density at radius 1 is 1.19 bits per heavy atom. The Morgan fingerprint density at radius 2 is 1.83 bits per heavy atom. The smallest absolute Gasteiger partial charge is 0.341 e. The van der Waals surface area contributed by atoms with Gasteiger partial charge in [-0.3, -0.25) is 4.79 Å². The first-order valence-electron chi connectivity index (χ1n) is 12.8. The molecule has 4 rings (SSSR count). The highest BCUT2D eigenvalue weighted by Crippen LogP contribution is 2.58. The summed E-state index contributed by atoms with van der Waals surface area (Å²) in [5.74, 6) is -1.01. The molecule has 8 heteroatoms. The highest BCUT2D eigenvalue weighted by Gasteiger charge is 2.75. The monoisotopic (exact) mass is 516 g/mol. The zero-order chi connectivity index (χ0) is 26.7. The van der Waals surface area contributed by atoms with Gasteiger partial charge in [-0.15, -0.1) is 0 Å². The van der Waals surface area contributed by atoms with Crippen LogP contribution in [0.2, 0.25) is 19.6 Å². The SMILES string of the molecule is CC(=O)O[C@@]1(C)C[C@@H](OCc2ccccc2)[C@@]2(O)[C@@H](OC(=O)[C@@]2(C)O[Si](C)(C)C)C2=C(C)[C@H](C)C[C@@H]21. The first-order chi connectivity index (χ1) is 16.6. The van der Waals surface area contributed by atoms with Crippen LogP contribution < -0.4 is 0 Å². The third kappa shape index (κ3) is 4.36. The Hall–Kier alpha value is -2.00. The molecule has 0 amide bonds. The van der Waals surface area contributed by atoms with Gasteiger partial charge in [-0.05, 0) is 63.9 Å². The first-order valence-corrected chi connectivity index (χ1v) is 16.2. The number of fused-ring (bicyclic) bond motifs is 3. The van der Waals surface area contributed by atoms with Crippen LogP contribution >= 0.6 is 0 Å². The Kier molecular flexibility index (Phi) is 6.82. The lowest BCUT2D eigenvalue weighted by Gasteiger charge is -2.45. The minimum atomic E-state index is -2.34. The molecule has 7 atom stereocenters. The molecule has 0 aromatic heterocycles. The molecule has 1 aromatic rings. The normalized spacial score (nSPS) is 38.3. The van der Waals surface area contributed by atoms with E-state index in [2.05, 4.69) is 6.92 Å². The number of hydrogen-bond acceptors (Lipinski definition) is 7. The topological polar surface area (TPSA) is 91.3 Å². The summed E-state index contributed by atoms with van der Waals surface area (Å²) < 4.78 is 25.0. The largest absolute Gasteiger partial charge is 0.459 e. The van der Waals surface area contributed by atoms with Crippen LogP contribution in [0.3, 0.4) is 0 Å². The van der Waals surface area contributed by atoms with Crippen molar-refractivity contribution in [2.75, 3.05) is 0 Å². The van der Waals surface area contributed by atoms with Gasteiger partial charge in [0.15, 0.2) is 25.6 Å². The summed E-state index contributed by atoms with van der Waals surface area (Å²) in [5.41, 5.74) is -1.61. The van der Waals surface area contributed by atoms with E-state index >= 15 is 0 Å². The number of carbonyl (C=O) groups excluding carboxylic acids is 2. The van der Waals surface area contributed by atoms with Crippen molar-refractivity contribution in [3.05, 3.63) is 47.0 Å². The maximum absolute atomic E-state index is 13.5. The molecule has 0 bridgehead atoms. The van der Waals surface area contributed by atoms with E-state index in [0.717, 1.165) is 23.1 Å². The van der Waals surface area contributed by atoms with Gasteiger partial charge >= 0.3 is 11.9 Å². The maximum Gasteiger partial charge on any atom is 0.341 e. The third-order valence-electron chi connectivity index (χ3n) is 8.22. The van der Waals surface area contributed by atoms with Crippen LogP contribution in [0.25, 0.3) is 0 Å². The van der Waals surface area contributed by atoms with Crippen LogP contribution in [0.15, 0.2) is 41.5 Å². The van der Waals surface area contributed by atoms with Crippen molar-refractivity contribution in [2.24, 2.45) is 11.8 Å². The number of esters is 2. The minimum absolute atomic E-state index is 0.189. The molecule has 3 aliphatic rings. The quantitative estimate of drug-likeness (QED) is 0.337. The number of hydrogen-bond donors (Lipinski definition) is 1. The van der Waals surface area contributed by atoms with Gasteiger partial charge in [0, 0.05) is 19.3 Å². The lowest BCUT2D eigenvalue weighted by molar-refractivity contribution is -0.206. The molecule has 2 aliphatic carbocycles. The molecule has 1 aliphatic heterocycles. The van der Waals surface area contributed by atoms with E-state index in [1.807, 2.05) is 63.8 Å². The molecule has 0 radical (unpaired) electrons. The highest BCUT2D eigenvalue weighted by atomic mass is 28.4. The van der Waals surface area contributed by atoms with Crippen molar-refractivity contribution in [2.45, 2.75) is 103 Å². The van der Waals surface area contributed by atoms with Gasteiger partial charge in [-0.1, -0.05) is 42.8 Å². The predicted octanol–water partition coefficient (Wildman–Crippen LogP) is 4.54. The standard InChI is InChI=1S/C28H40O7Si/c1-17-14-21-23(18(17)2)24-28(31,27(5,25(30)33-24)35-36(6,7)8)22(15-26(21,4)34-19(3)29)32-16-20-12-10-9-11-13-20/h9-13,17,21-22,24,31H,14-16H2,1-8H3/t17-,21+,22-,24+,26+,27-,28-/m1/s1. The second-order valence-corrected chi connectivity index (χ2v) is 16.5. The Bertz CT molecular complexity index is 1060. The number of ether oxygens (including phenoxy) is 3. The van der Waals surface area contributed by atoms with Crippen molar-refractivity contribution in [1.82, 2.24) is 0 Å². The lowest BCUT2D eigenvalue weighted by atomic mass is 9.75. The van der Waals surface area contributed by atoms with E-state index in [9.17, 15) is 14.7 Å². The Balaban J connectivity index is 1.90. The summed E-state index contributed by atoms with van der Waals surface area (Å²) in [6.07, 6.45) is -0.936. The summed E-state index contributed by atoms with van der Waals surface area (Å²) in [6, 6.07) is 9.66. The van der Waals surface area contributed by atoms with E-state index in [4.69, 9.17) is 18.6 Å². The average Bonchev–Trinajstić information content (AvgIpc) is 3.14. The van der Waals surface area contributed by atoms with Crippen molar-refractivity contribution >= 4 is 20.3 Å². The van der Waals surface area contributed by atoms with Gasteiger partial charge in [0.25, 0.3) is 0 Å². The lowest BCUT2D eigenvalue weighted by Crippen LogP contribution is -2.67. The van der Waals surface area contributed by atoms with Crippen LogP contribution in [-0.2, 0) is 34.8 Å². The molecule has 36 heavy (non-hydrogen) atoms. The van der Waals surface area contributed by atoms with Gasteiger partial charge in [0.05, 0.1) is 12.7 Å². The molecule has 0 spiro atoms. The summed E-state index contributed by atoms with van der Waals surface area (Å²) in [7, 11) is -2.34. The molecule has 1 aromatic carbocycles. The average molecular weight is 517 g/mol. The van der Waals surface area contributed by atoms with E-state index in [-0.39, 0.29) is 24.9 Å². The van der Waals surface area contributed by atoms with Crippen molar-refractivity contribution in [3.8, 4) is 0 Å². The molecule has 1 heterocycles. The third-order valence-corrected chi connectivity index (χ3v) is 9.24. The van der Waals surface area contributed by atoms with Crippen molar-refractivity contribution < 1.29 is 33.3 Å². The summed E-state index contributed by atoms with van der Waals surface area (Å²) in [5, 5.41) is 12.8. The van der Waals surface area contributed by atoms with Crippen LogP contribution in [0.4, 0.5) is 0 Å². The molecule has 2 fully saturated rings. The first kappa shape index (κ1) is 27.0. The van der Waals surface area contributed by atoms with Gasteiger partial charge in [0.1, 0.15) is 5.60 Å². The minimum Gasteiger partial charge on any atom is -0.459 e. The van der Waals surface area contributed by atoms with Crippen LogP contribution in [0.5, 0.6) is 0 Å². The molecular formula is C28H40O7Si. The maximum atomic E-state index is 13.5. The van der Waals surface area contributed by atoms with E-state index in [1.165, 1.54) is 6.92 Å². The number of carbonyl (C=O) groups is 2. The number of allylic oxidation sites excluding steroid dienone is 1. The van der Waals surface area contributed by atoms with Crippen molar-refractivity contribution in [3.63, 3.8) is 0 Å². The van der Waals surface area contributed by atoms with Gasteiger partial charge < -0.3 is 23.7 Å². The zero-order valence-corrected chi connectivity index (χ0v) is 23.7. The van der Waals surface area contributed by atoms with Gasteiger partial charge in [-0.25, -0.2) is 4.79 Å². The molecule has 1 saturated heterocycles. The van der Waals surface area contributed by atoms with Crippen LogP contribution in [0.1, 0.15) is 53.0 Å². The van der Waals surface area contributed by atoms with E-state index < -0.39 is 49.3 Å². The molecular weight excluding hydrogens is 476 g/mol. The Labute approximate surface area is 215 Å². The summed E-state index contributed by atoms with van der Waals surface area (Å²) in [4.78, 5) is 25.9. The summed E-state index contributed by atoms with van der Waals surface area (Å²) >= 11 is 0. The zero-order valence-electron chi connectivity index (χ0n) is 22.7. The second kappa shape index (κ2) is 9.08. The fourth-order valence-corrected chi connectivity index (χ4v) is 7.96. The van der Waals surface area contributed by atoms with Crippen LogP contribution in [-0.4, -0.2) is 54.4 Å². The predicted molar refractivity (Wildman–Crippen MR) is 137 cm³/mol. The van der Waals surface area contributed by atoms with Gasteiger partial charge in [-0.2, -0.15) is 0 Å². The van der Waals surface area contributed by atoms with Crippen molar-refractivity contribution in [1.29, 1.82) is 0 Å². The number of rotatable bonds is 6. The molecule has 198 valence electrons. The molecule has 7 nitrogen and oxygen atoms in total. The van der Waals surface area contributed by atoms with Crippen LogP contribution in [0, 0.1) is 11.8 Å². The summed E-state index contributed by atoms with van der Waals surface area (Å²) in [6.45, 7) is 15.2. The molecule has 1 saturated carbocycles. The Morgan fingerprint density at radius 3 is 2.42 bits per heavy atom. The van der Waals surface area contributed by atoms with E-state index in [0.29, 0.717) is 0 Å². The molecule has 1 N–H and O–H groups in total. The highest BCUT2D eigenvalue weighted by molar-refractivity contribution is 6.70. The second-order valence-electron chi connectivity index (χ2n) is 12.1. The van der Waals surface area contributed by atoms with Gasteiger partial charge in [0.2, 0.25) is 0 Å². The molecule has 0 unspecified atom stereocenters. The number of benzene rings is 1.